The number of benzene rings is 2. The zero-order valence-corrected chi connectivity index (χ0v) is 19.9. The van der Waals surface area contributed by atoms with Crippen LogP contribution in [-0.4, -0.2) is 51.8 Å². The summed E-state index contributed by atoms with van der Waals surface area (Å²) in [6.07, 6.45) is 2.82. The fraction of sp³-hybridized carbons (Fsp3) is 0.250. The third kappa shape index (κ3) is 5.48. The lowest BCUT2D eigenvalue weighted by Gasteiger charge is -2.26. The van der Waals surface area contributed by atoms with E-state index in [0.717, 1.165) is 61.8 Å². The summed E-state index contributed by atoms with van der Waals surface area (Å²) in [4.78, 5) is 18.5. The van der Waals surface area contributed by atoms with Crippen LogP contribution in [0.2, 0.25) is 0 Å². The third-order valence-corrected chi connectivity index (χ3v) is 6.44. The van der Waals surface area contributed by atoms with E-state index in [9.17, 15) is 4.79 Å². The number of primary amides is 1. The maximum Gasteiger partial charge on any atom is 0.269 e. The van der Waals surface area contributed by atoms with Gasteiger partial charge >= 0.3 is 0 Å². The van der Waals surface area contributed by atoms with Crippen molar-refractivity contribution in [3.63, 3.8) is 0 Å². The van der Waals surface area contributed by atoms with Gasteiger partial charge in [-0.1, -0.05) is 42.5 Å². The second kappa shape index (κ2) is 10.2. The number of aryl methyl sites for hydroxylation is 1. The molecule has 1 saturated heterocycles. The molecule has 0 bridgehead atoms. The van der Waals surface area contributed by atoms with Crippen molar-refractivity contribution in [2.45, 2.75) is 19.9 Å². The molecule has 4 aromatic rings. The van der Waals surface area contributed by atoms with Gasteiger partial charge in [0, 0.05) is 50.2 Å². The summed E-state index contributed by atoms with van der Waals surface area (Å²) in [5, 5.41) is 7.68. The molecule has 2 aromatic carbocycles. The van der Waals surface area contributed by atoms with Gasteiger partial charge in [0.1, 0.15) is 0 Å². The second-order valence-electron chi connectivity index (χ2n) is 9.05. The molecule has 1 amide bonds. The van der Waals surface area contributed by atoms with Crippen LogP contribution in [0.15, 0.2) is 72.9 Å². The summed E-state index contributed by atoms with van der Waals surface area (Å²) in [5.74, 6) is -0.520. The molecule has 7 nitrogen and oxygen atoms in total. The van der Waals surface area contributed by atoms with Crippen molar-refractivity contribution >= 4 is 5.91 Å². The molecule has 7 heteroatoms. The van der Waals surface area contributed by atoms with E-state index >= 15 is 0 Å². The Morgan fingerprint density at radius 1 is 0.943 bits per heavy atom. The lowest BCUT2D eigenvalue weighted by molar-refractivity contribution is 0.0995. The van der Waals surface area contributed by atoms with Crippen molar-refractivity contribution in [1.82, 2.24) is 25.0 Å². The summed E-state index contributed by atoms with van der Waals surface area (Å²) < 4.78 is 1.74. The SMILES string of the molecule is Cc1cc(C(N)=O)nn1-c1ccc(Cc2ccc(-c3ccc(CN4CCNCC4)nc3)cc2)cc1. The van der Waals surface area contributed by atoms with Crippen LogP contribution in [-0.2, 0) is 13.0 Å². The van der Waals surface area contributed by atoms with Crippen molar-refractivity contribution in [2.24, 2.45) is 5.73 Å². The predicted molar refractivity (Wildman–Crippen MR) is 137 cm³/mol. The molecule has 3 heterocycles. The first-order chi connectivity index (χ1) is 17.0. The first-order valence-corrected chi connectivity index (χ1v) is 12.0. The van der Waals surface area contributed by atoms with E-state index in [-0.39, 0.29) is 5.69 Å². The number of amides is 1. The molecule has 0 spiro atoms. The molecule has 1 aliphatic heterocycles. The maximum atomic E-state index is 11.4. The van der Waals surface area contributed by atoms with Gasteiger partial charge in [-0.2, -0.15) is 5.10 Å². The first kappa shape index (κ1) is 23.0. The highest BCUT2D eigenvalue weighted by Gasteiger charge is 2.12. The number of pyridine rings is 1. The Hall–Kier alpha value is -3.81. The zero-order chi connectivity index (χ0) is 24.2. The zero-order valence-electron chi connectivity index (χ0n) is 19.9. The molecule has 1 fully saturated rings. The van der Waals surface area contributed by atoms with Gasteiger partial charge in [-0.15, -0.1) is 0 Å². The predicted octanol–water partition coefficient (Wildman–Crippen LogP) is 3.34. The molecule has 0 aliphatic carbocycles. The number of carbonyl (C=O) groups excluding carboxylic acids is 1. The Kier molecular flexibility index (Phi) is 6.70. The lowest BCUT2D eigenvalue weighted by Crippen LogP contribution is -2.43. The van der Waals surface area contributed by atoms with Gasteiger partial charge in [0.25, 0.3) is 5.91 Å². The summed E-state index contributed by atoms with van der Waals surface area (Å²) in [6, 6.07) is 22.9. The molecular weight excluding hydrogens is 436 g/mol. The molecule has 0 radical (unpaired) electrons. The van der Waals surface area contributed by atoms with Gasteiger partial charge in [-0.3, -0.25) is 14.7 Å². The summed E-state index contributed by atoms with van der Waals surface area (Å²) in [6.45, 7) is 7.07. The van der Waals surface area contributed by atoms with Crippen molar-refractivity contribution in [2.75, 3.05) is 26.2 Å². The highest BCUT2D eigenvalue weighted by Crippen LogP contribution is 2.21. The number of rotatable bonds is 7. The van der Waals surface area contributed by atoms with E-state index in [1.54, 1.807) is 10.7 Å². The van der Waals surface area contributed by atoms with Gasteiger partial charge in [-0.25, -0.2) is 4.68 Å². The summed E-state index contributed by atoms with van der Waals surface area (Å²) >= 11 is 0. The minimum Gasteiger partial charge on any atom is -0.364 e. The summed E-state index contributed by atoms with van der Waals surface area (Å²) in [5.41, 5.74) is 13.3. The van der Waals surface area contributed by atoms with Crippen LogP contribution < -0.4 is 11.1 Å². The molecule has 0 unspecified atom stereocenters. The average Bonchev–Trinajstić information content (AvgIpc) is 3.28. The van der Waals surface area contributed by atoms with Gasteiger partial charge in [-0.05, 0) is 54.3 Å². The standard InChI is InChI=1S/C28H30N6O/c1-20-16-27(28(29)35)32-34(20)26-10-4-22(5-11-26)17-21-2-6-23(7-3-21)24-8-9-25(31-18-24)19-33-14-12-30-13-15-33/h2-11,16,18,30H,12-15,17,19H2,1H3,(H2,29,35). The number of nitrogens with zero attached hydrogens (tertiary/aromatic N) is 4. The molecular formula is C28H30N6O. The minimum atomic E-state index is -0.520. The van der Waals surface area contributed by atoms with Crippen molar-refractivity contribution in [3.05, 3.63) is 101 Å². The van der Waals surface area contributed by atoms with Crippen LogP contribution in [0, 0.1) is 6.92 Å². The summed E-state index contributed by atoms with van der Waals surface area (Å²) in [7, 11) is 0. The Morgan fingerprint density at radius 2 is 1.60 bits per heavy atom. The fourth-order valence-electron chi connectivity index (χ4n) is 4.45. The number of nitrogens with two attached hydrogens (primary N) is 1. The molecule has 1 aliphatic rings. The van der Waals surface area contributed by atoms with E-state index < -0.39 is 5.91 Å². The van der Waals surface area contributed by atoms with Crippen molar-refractivity contribution < 1.29 is 4.79 Å². The molecule has 2 aromatic heterocycles. The quantitative estimate of drug-likeness (QED) is 0.436. The number of aromatic nitrogens is 3. The molecule has 35 heavy (non-hydrogen) atoms. The van der Waals surface area contributed by atoms with E-state index in [4.69, 9.17) is 10.7 Å². The number of nitrogens with one attached hydrogen (secondary N) is 1. The van der Waals surface area contributed by atoms with E-state index in [0.29, 0.717) is 0 Å². The lowest BCUT2D eigenvalue weighted by atomic mass is 10.0. The Labute approximate surface area is 205 Å². The molecule has 0 atom stereocenters. The molecule has 0 saturated carbocycles. The normalized spacial score (nSPS) is 14.2. The first-order valence-electron chi connectivity index (χ1n) is 12.0. The Balaban J connectivity index is 1.22. The minimum absolute atomic E-state index is 0.274. The van der Waals surface area contributed by atoms with Crippen LogP contribution in [0.3, 0.4) is 0 Å². The van der Waals surface area contributed by atoms with Crippen LogP contribution in [0.25, 0.3) is 16.8 Å². The second-order valence-corrected chi connectivity index (χ2v) is 9.05. The number of carbonyl (C=O) groups is 1. The van der Waals surface area contributed by atoms with Gasteiger partial charge in [0.05, 0.1) is 11.4 Å². The highest BCUT2D eigenvalue weighted by molar-refractivity contribution is 5.90. The molecule has 178 valence electrons. The average molecular weight is 467 g/mol. The van der Waals surface area contributed by atoms with E-state index in [1.165, 1.54) is 16.7 Å². The Bertz CT molecular complexity index is 1290. The largest absolute Gasteiger partial charge is 0.364 e. The number of piperazine rings is 1. The molecule has 3 N–H and O–H groups in total. The van der Waals surface area contributed by atoms with E-state index in [2.05, 4.69) is 63.8 Å². The molecule has 5 rings (SSSR count). The van der Waals surface area contributed by atoms with Crippen molar-refractivity contribution in [3.8, 4) is 16.8 Å². The highest BCUT2D eigenvalue weighted by atomic mass is 16.1. The number of hydrogen-bond acceptors (Lipinski definition) is 5. The monoisotopic (exact) mass is 466 g/mol. The topological polar surface area (TPSA) is 89.1 Å². The maximum absolute atomic E-state index is 11.4. The van der Waals surface area contributed by atoms with E-state index in [1.807, 2.05) is 25.3 Å². The van der Waals surface area contributed by atoms with Crippen LogP contribution in [0.4, 0.5) is 0 Å². The van der Waals surface area contributed by atoms with Crippen molar-refractivity contribution in [1.29, 1.82) is 0 Å². The number of hydrogen-bond donors (Lipinski definition) is 2. The third-order valence-electron chi connectivity index (χ3n) is 6.44. The van der Waals surface area contributed by atoms with Crippen LogP contribution >= 0.6 is 0 Å². The van der Waals surface area contributed by atoms with Gasteiger partial charge < -0.3 is 11.1 Å². The van der Waals surface area contributed by atoms with Crippen LogP contribution in [0.1, 0.15) is 33.0 Å². The Morgan fingerprint density at radius 3 is 2.20 bits per heavy atom. The van der Waals surface area contributed by atoms with Gasteiger partial charge in [0.15, 0.2) is 5.69 Å². The smallest absolute Gasteiger partial charge is 0.269 e. The van der Waals surface area contributed by atoms with Crippen LogP contribution in [0.5, 0.6) is 0 Å². The fourth-order valence-corrected chi connectivity index (χ4v) is 4.45. The van der Waals surface area contributed by atoms with Gasteiger partial charge in [0.2, 0.25) is 0 Å².